The van der Waals surface area contributed by atoms with Gasteiger partial charge in [-0.25, -0.2) is 0 Å². The Morgan fingerprint density at radius 3 is 2.36 bits per heavy atom. The molecule has 75 valence electrons. The number of hydrogen-bond acceptors (Lipinski definition) is 1. The number of ether oxygens (including phenoxy) is 1. The fraction of sp³-hybridized carbons (Fsp3) is 0.462. The Morgan fingerprint density at radius 1 is 1.14 bits per heavy atom. The molecule has 1 radical (unpaired) electrons. The standard InChI is InChI=1S/C13H17O/c1-2-11-7-9-13(10-8-11)14-12-5-3-4-6-12/h2,7-10,12H,3-6H2,1H3. The first-order valence-electron chi connectivity index (χ1n) is 5.44. The fourth-order valence-corrected chi connectivity index (χ4v) is 1.94. The predicted molar refractivity (Wildman–Crippen MR) is 58.4 cm³/mol. The van der Waals surface area contributed by atoms with E-state index in [-0.39, 0.29) is 0 Å². The topological polar surface area (TPSA) is 9.23 Å². The van der Waals surface area contributed by atoms with E-state index < -0.39 is 0 Å². The van der Waals surface area contributed by atoms with Gasteiger partial charge in [-0.1, -0.05) is 19.1 Å². The van der Waals surface area contributed by atoms with Crippen molar-refractivity contribution in [2.24, 2.45) is 0 Å². The molecule has 0 unspecified atom stereocenters. The Bertz CT molecular complexity index is 270. The van der Waals surface area contributed by atoms with Gasteiger partial charge in [-0.2, -0.15) is 0 Å². The van der Waals surface area contributed by atoms with E-state index in [2.05, 4.69) is 30.7 Å². The van der Waals surface area contributed by atoms with Crippen molar-refractivity contribution in [1.29, 1.82) is 0 Å². The summed E-state index contributed by atoms with van der Waals surface area (Å²) in [4.78, 5) is 0. The molecule has 0 amide bonds. The molecule has 1 saturated carbocycles. The van der Waals surface area contributed by atoms with Crippen LogP contribution in [0.3, 0.4) is 0 Å². The zero-order valence-corrected chi connectivity index (χ0v) is 8.70. The smallest absolute Gasteiger partial charge is 0.119 e. The molecule has 1 nitrogen and oxygen atoms in total. The Labute approximate surface area is 86.1 Å². The van der Waals surface area contributed by atoms with Crippen LogP contribution in [0.1, 0.15) is 38.2 Å². The highest BCUT2D eigenvalue weighted by Gasteiger charge is 2.15. The lowest BCUT2D eigenvalue weighted by atomic mass is 10.2. The highest BCUT2D eigenvalue weighted by atomic mass is 16.5. The summed E-state index contributed by atoms with van der Waals surface area (Å²) >= 11 is 0. The van der Waals surface area contributed by atoms with E-state index in [1.807, 2.05) is 6.92 Å². The molecule has 0 saturated heterocycles. The molecule has 0 heterocycles. The van der Waals surface area contributed by atoms with Crippen LogP contribution in [-0.2, 0) is 0 Å². The van der Waals surface area contributed by atoms with Crippen LogP contribution in [0, 0.1) is 6.42 Å². The van der Waals surface area contributed by atoms with Crippen molar-refractivity contribution in [2.45, 2.75) is 38.7 Å². The normalized spacial score (nSPS) is 17.2. The van der Waals surface area contributed by atoms with Crippen LogP contribution < -0.4 is 4.74 Å². The first-order chi connectivity index (χ1) is 6.88. The molecule has 1 aromatic carbocycles. The van der Waals surface area contributed by atoms with E-state index in [0.29, 0.717) is 6.10 Å². The van der Waals surface area contributed by atoms with Crippen molar-refractivity contribution in [1.82, 2.24) is 0 Å². The van der Waals surface area contributed by atoms with Gasteiger partial charge in [-0.05, 0) is 49.8 Å². The Morgan fingerprint density at radius 2 is 1.79 bits per heavy atom. The molecule has 1 aromatic rings. The van der Waals surface area contributed by atoms with Crippen LogP contribution in [0.5, 0.6) is 5.75 Å². The van der Waals surface area contributed by atoms with E-state index in [1.54, 1.807) is 0 Å². The van der Waals surface area contributed by atoms with Crippen molar-refractivity contribution in [3.05, 3.63) is 36.2 Å². The largest absolute Gasteiger partial charge is 0.490 e. The average molecular weight is 189 g/mol. The van der Waals surface area contributed by atoms with Crippen LogP contribution >= 0.6 is 0 Å². The summed E-state index contributed by atoms with van der Waals surface area (Å²) in [6, 6.07) is 8.33. The molecule has 0 aliphatic heterocycles. The molecule has 1 fully saturated rings. The molecule has 0 N–H and O–H groups in total. The monoisotopic (exact) mass is 189 g/mol. The summed E-state index contributed by atoms with van der Waals surface area (Å²) in [6.45, 7) is 2.05. The van der Waals surface area contributed by atoms with Gasteiger partial charge in [0.15, 0.2) is 0 Å². The maximum absolute atomic E-state index is 5.86. The van der Waals surface area contributed by atoms with Crippen LogP contribution in [-0.4, -0.2) is 6.10 Å². The first-order valence-corrected chi connectivity index (χ1v) is 5.44. The second-order valence-corrected chi connectivity index (χ2v) is 3.88. The third-order valence-electron chi connectivity index (χ3n) is 2.82. The minimum atomic E-state index is 0.464. The maximum atomic E-state index is 5.86. The quantitative estimate of drug-likeness (QED) is 0.706. The Balaban J connectivity index is 1.95. The first kappa shape index (κ1) is 9.57. The van der Waals surface area contributed by atoms with Gasteiger partial charge in [0.05, 0.1) is 6.10 Å². The molecular formula is C13H17O. The van der Waals surface area contributed by atoms with Crippen LogP contribution in [0.15, 0.2) is 24.3 Å². The summed E-state index contributed by atoms with van der Waals surface area (Å²) < 4.78 is 5.86. The van der Waals surface area contributed by atoms with Crippen molar-refractivity contribution in [3.63, 3.8) is 0 Å². The molecule has 0 spiro atoms. The van der Waals surface area contributed by atoms with E-state index in [0.717, 1.165) is 5.75 Å². The predicted octanol–water partition coefficient (Wildman–Crippen LogP) is 3.58. The van der Waals surface area contributed by atoms with E-state index >= 15 is 0 Å². The summed E-state index contributed by atoms with van der Waals surface area (Å²) in [7, 11) is 0. The third-order valence-corrected chi connectivity index (χ3v) is 2.82. The zero-order chi connectivity index (χ0) is 9.80. The summed E-state index contributed by atoms with van der Waals surface area (Å²) in [5.41, 5.74) is 1.25. The molecule has 0 aromatic heterocycles. The van der Waals surface area contributed by atoms with Gasteiger partial charge >= 0.3 is 0 Å². The van der Waals surface area contributed by atoms with Crippen molar-refractivity contribution in [3.8, 4) is 5.75 Å². The maximum Gasteiger partial charge on any atom is 0.119 e. The van der Waals surface area contributed by atoms with Crippen LogP contribution in [0.4, 0.5) is 0 Å². The van der Waals surface area contributed by atoms with Gasteiger partial charge in [-0.3, -0.25) is 0 Å². The molecular weight excluding hydrogens is 172 g/mol. The molecule has 2 rings (SSSR count). The lowest BCUT2D eigenvalue weighted by Crippen LogP contribution is -2.10. The van der Waals surface area contributed by atoms with Gasteiger partial charge in [-0.15, -0.1) is 0 Å². The zero-order valence-electron chi connectivity index (χ0n) is 8.70. The second kappa shape index (κ2) is 4.50. The van der Waals surface area contributed by atoms with Crippen molar-refractivity contribution < 1.29 is 4.74 Å². The van der Waals surface area contributed by atoms with Crippen LogP contribution in [0.25, 0.3) is 0 Å². The van der Waals surface area contributed by atoms with Crippen molar-refractivity contribution in [2.75, 3.05) is 0 Å². The summed E-state index contributed by atoms with van der Waals surface area (Å²) in [5.74, 6) is 1.02. The SMILES string of the molecule is C[CH]c1ccc(OC2CCCC2)cc1. The Kier molecular flexibility index (Phi) is 3.07. The average Bonchev–Trinajstić information content (AvgIpc) is 2.72. The number of hydrogen-bond donors (Lipinski definition) is 0. The van der Waals surface area contributed by atoms with Gasteiger partial charge in [0.2, 0.25) is 0 Å². The molecule has 1 aliphatic carbocycles. The van der Waals surface area contributed by atoms with Crippen molar-refractivity contribution >= 4 is 0 Å². The van der Waals surface area contributed by atoms with E-state index in [1.165, 1.54) is 31.2 Å². The molecule has 0 atom stereocenters. The minimum absolute atomic E-state index is 0.464. The Hall–Kier alpha value is -0.980. The third kappa shape index (κ3) is 2.28. The van der Waals surface area contributed by atoms with E-state index in [4.69, 9.17) is 4.74 Å². The number of benzene rings is 1. The minimum Gasteiger partial charge on any atom is -0.490 e. The molecule has 1 heteroatoms. The van der Waals surface area contributed by atoms with Gasteiger partial charge in [0.25, 0.3) is 0 Å². The van der Waals surface area contributed by atoms with Gasteiger partial charge in [0, 0.05) is 0 Å². The second-order valence-electron chi connectivity index (χ2n) is 3.88. The van der Waals surface area contributed by atoms with Crippen LogP contribution in [0.2, 0.25) is 0 Å². The highest BCUT2D eigenvalue weighted by molar-refractivity contribution is 5.30. The molecule has 14 heavy (non-hydrogen) atoms. The van der Waals surface area contributed by atoms with Gasteiger partial charge < -0.3 is 4.74 Å². The summed E-state index contributed by atoms with van der Waals surface area (Å²) in [6.07, 6.45) is 7.66. The highest BCUT2D eigenvalue weighted by Crippen LogP contribution is 2.24. The lowest BCUT2D eigenvalue weighted by Gasteiger charge is -2.12. The molecule has 0 bridgehead atoms. The van der Waals surface area contributed by atoms with E-state index in [9.17, 15) is 0 Å². The van der Waals surface area contributed by atoms with Gasteiger partial charge in [0.1, 0.15) is 5.75 Å². The molecule has 1 aliphatic rings. The fourth-order valence-electron chi connectivity index (χ4n) is 1.94. The number of rotatable bonds is 3. The summed E-state index contributed by atoms with van der Waals surface area (Å²) in [5, 5.41) is 0. The lowest BCUT2D eigenvalue weighted by molar-refractivity contribution is 0.210.